The van der Waals surface area contributed by atoms with Crippen molar-refractivity contribution in [2.45, 2.75) is 126 Å². The first kappa shape index (κ1) is 35.9. The molecule has 240 valence electrons. The third kappa shape index (κ3) is 13.2. The normalized spacial score (nSPS) is 12.0. The number of nitrogens with one attached hydrogen (secondary N) is 2. The molecule has 44 heavy (non-hydrogen) atoms. The number of unbranched alkanes of at least 4 members (excludes halogenated alkanes) is 10. The highest BCUT2D eigenvalue weighted by Gasteiger charge is 2.25. The number of alkyl carbamates (subject to hydrolysis) is 1. The minimum Gasteiger partial charge on any atom is -0.437 e. The van der Waals surface area contributed by atoms with E-state index in [1.165, 1.54) is 63.1 Å². The van der Waals surface area contributed by atoms with Crippen LogP contribution in [0.5, 0.6) is 0 Å². The second-order valence-electron chi connectivity index (χ2n) is 11.5. The van der Waals surface area contributed by atoms with E-state index in [9.17, 15) is 9.59 Å². The summed E-state index contributed by atoms with van der Waals surface area (Å²) in [5.41, 5.74) is 1.75. The van der Waals surface area contributed by atoms with E-state index in [4.69, 9.17) is 32.9 Å². The fourth-order valence-electron chi connectivity index (χ4n) is 4.93. The summed E-state index contributed by atoms with van der Waals surface area (Å²) in [5, 5.41) is 4.30. The van der Waals surface area contributed by atoms with Crippen LogP contribution in [0.1, 0.15) is 127 Å². The number of hydrogen-bond acceptors (Lipinski definition) is 6. The molecule has 10 heteroatoms. The first-order chi connectivity index (χ1) is 21.2. The molecule has 1 unspecified atom stereocenters. The van der Waals surface area contributed by atoms with Crippen molar-refractivity contribution in [1.29, 1.82) is 0 Å². The van der Waals surface area contributed by atoms with Gasteiger partial charge in [-0.05, 0) is 48.2 Å². The molecule has 0 bridgehead atoms. The van der Waals surface area contributed by atoms with Crippen LogP contribution in [-0.2, 0) is 16.0 Å². The lowest BCUT2D eigenvalue weighted by Gasteiger charge is -2.16. The number of nitrogens with zero attached hydrogens (tertiary/aromatic N) is 2. The highest BCUT2D eigenvalue weighted by molar-refractivity contribution is 7.99. The van der Waals surface area contributed by atoms with Crippen LogP contribution >= 0.6 is 35.0 Å². The molecule has 0 saturated heterocycles. The number of carbonyl (C=O) groups is 2. The van der Waals surface area contributed by atoms with Crippen molar-refractivity contribution in [1.82, 2.24) is 20.3 Å². The number of carbonyl (C=O) groups excluding carboxylic acids is 2. The molecule has 3 rings (SSSR count). The Morgan fingerprint density at radius 3 is 2.09 bits per heavy atom. The summed E-state index contributed by atoms with van der Waals surface area (Å²) in [5.74, 6) is 0.263. The van der Waals surface area contributed by atoms with E-state index < -0.39 is 12.2 Å². The summed E-state index contributed by atoms with van der Waals surface area (Å²) in [6, 6.07) is 9.08. The molecule has 0 spiro atoms. The molecule has 3 aromatic rings. The third-order valence-electron chi connectivity index (χ3n) is 7.29. The SMILES string of the molecule is CCCCCCCCCCCCCC(=O)NC(=O)OC(Cc1ccncc1)c1nc(C(C)C)c(Sc2cc(Cl)cc(Cl)c2)[nH]1. The molecule has 1 aromatic carbocycles. The lowest BCUT2D eigenvalue weighted by molar-refractivity contribution is -0.120. The summed E-state index contributed by atoms with van der Waals surface area (Å²) in [4.78, 5) is 38.6. The number of imide groups is 1. The topological polar surface area (TPSA) is 97.0 Å². The van der Waals surface area contributed by atoms with Crippen molar-refractivity contribution >= 4 is 47.0 Å². The highest BCUT2D eigenvalue weighted by atomic mass is 35.5. The Balaban J connectivity index is 1.57. The lowest BCUT2D eigenvalue weighted by atomic mass is 10.1. The van der Waals surface area contributed by atoms with Crippen LogP contribution in [0.4, 0.5) is 4.79 Å². The van der Waals surface area contributed by atoms with Gasteiger partial charge in [0.2, 0.25) is 5.91 Å². The molecule has 0 aliphatic carbocycles. The molecule has 0 aliphatic heterocycles. The van der Waals surface area contributed by atoms with Gasteiger partial charge in [0, 0.05) is 40.2 Å². The monoisotopic (exact) mass is 660 g/mol. The van der Waals surface area contributed by atoms with Gasteiger partial charge in [-0.2, -0.15) is 0 Å². The molecule has 7 nitrogen and oxygen atoms in total. The first-order valence-electron chi connectivity index (χ1n) is 15.9. The smallest absolute Gasteiger partial charge is 0.414 e. The van der Waals surface area contributed by atoms with Crippen LogP contribution in [-0.4, -0.2) is 27.0 Å². The van der Waals surface area contributed by atoms with Gasteiger partial charge in [-0.15, -0.1) is 0 Å². The van der Waals surface area contributed by atoms with Crippen molar-refractivity contribution in [2.75, 3.05) is 0 Å². The van der Waals surface area contributed by atoms with Crippen LogP contribution in [0.2, 0.25) is 10.0 Å². The zero-order valence-corrected chi connectivity index (χ0v) is 28.5. The van der Waals surface area contributed by atoms with Gasteiger partial charge in [0.05, 0.1) is 5.69 Å². The van der Waals surface area contributed by atoms with Gasteiger partial charge in [-0.3, -0.25) is 15.1 Å². The minimum absolute atomic E-state index is 0.0972. The van der Waals surface area contributed by atoms with E-state index in [0.29, 0.717) is 28.7 Å². The van der Waals surface area contributed by atoms with Gasteiger partial charge in [-0.1, -0.05) is 120 Å². The second kappa shape index (κ2) is 19.8. The number of amides is 2. The number of benzene rings is 1. The number of pyridine rings is 1. The predicted molar refractivity (Wildman–Crippen MR) is 180 cm³/mol. The Kier molecular flexibility index (Phi) is 16.1. The Morgan fingerprint density at radius 1 is 0.909 bits per heavy atom. The number of rotatable bonds is 19. The maximum absolute atomic E-state index is 12.9. The lowest BCUT2D eigenvalue weighted by Crippen LogP contribution is -2.32. The second-order valence-corrected chi connectivity index (χ2v) is 13.4. The van der Waals surface area contributed by atoms with Crippen LogP contribution < -0.4 is 5.32 Å². The summed E-state index contributed by atoms with van der Waals surface area (Å²) in [7, 11) is 0. The number of aromatic amines is 1. The number of imidazole rings is 1. The first-order valence-corrected chi connectivity index (χ1v) is 17.5. The van der Waals surface area contributed by atoms with Crippen molar-refractivity contribution in [2.24, 2.45) is 0 Å². The average Bonchev–Trinajstić information content (AvgIpc) is 3.39. The number of halogens is 2. The molecule has 1 atom stereocenters. The number of H-pyrrole nitrogens is 1. The minimum atomic E-state index is -0.782. The molecule has 0 aliphatic rings. The molecule has 0 fully saturated rings. The predicted octanol–water partition coefficient (Wildman–Crippen LogP) is 10.6. The summed E-state index contributed by atoms with van der Waals surface area (Å²) < 4.78 is 5.82. The molecule has 2 heterocycles. The van der Waals surface area contributed by atoms with Crippen LogP contribution in [0, 0.1) is 0 Å². The summed E-state index contributed by atoms with van der Waals surface area (Å²) >= 11 is 13.9. The molecule has 0 saturated carbocycles. The van der Waals surface area contributed by atoms with E-state index in [-0.39, 0.29) is 11.8 Å². The molecule has 2 amide bonds. The van der Waals surface area contributed by atoms with Gasteiger partial charge in [-0.25, -0.2) is 9.78 Å². The Morgan fingerprint density at radius 2 is 1.50 bits per heavy atom. The van der Waals surface area contributed by atoms with Crippen molar-refractivity contribution in [3.05, 3.63) is 69.9 Å². The molecular weight excluding hydrogens is 615 g/mol. The van der Waals surface area contributed by atoms with E-state index in [1.807, 2.05) is 38.1 Å². The average molecular weight is 662 g/mol. The quantitative estimate of drug-likeness (QED) is 0.124. The summed E-state index contributed by atoms with van der Waals surface area (Å²) in [6.07, 6.45) is 15.7. The zero-order valence-electron chi connectivity index (χ0n) is 26.2. The molecule has 2 aromatic heterocycles. The maximum atomic E-state index is 12.9. The number of aromatic nitrogens is 3. The fraction of sp³-hybridized carbons (Fsp3) is 0.529. The van der Waals surface area contributed by atoms with Crippen molar-refractivity contribution in [3.63, 3.8) is 0 Å². The van der Waals surface area contributed by atoms with E-state index in [0.717, 1.165) is 40.4 Å². The van der Waals surface area contributed by atoms with E-state index in [1.54, 1.807) is 18.5 Å². The maximum Gasteiger partial charge on any atom is 0.414 e. The van der Waals surface area contributed by atoms with Crippen molar-refractivity contribution in [3.8, 4) is 0 Å². The van der Waals surface area contributed by atoms with Crippen molar-refractivity contribution < 1.29 is 14.3 Å². The highest BCUT2D eigenvalue weighted by Crippen LogP contribution is 2.36. The van der Waals surface area contributed by atoms with Crippen LogP contribution in [0.25, 0.3) is 0 Å². The van der Waals surface area contributed by atoms with Gasteiger partial charge < -0.3 is 9.72 Å². The third-order valence-corrected chi connectivity index (χ3v) is 8.71. The van der Waals surface area contributed by atoms with Gasteiger partial charge in [0.25, 0.3) is 0 Å². The van der Waals surface area contributed by atoms with E-state index >= 15 is 0 Å². The van der Waals surface area contributed by atoms with E-state index in [2.05, 4.69) is 22.2 Å². The summed E-state index contributed by atoms with van der Waals surface area (Å²) in [6.45, 7) is 6.34. The number of hydrogen-bond donors (Lipinski definition) is 2. The number of ether oxygens (including phenoxy) is 1. The van der Waals surface area contributed by atoms with Gasteiger partial charge in [0.1, 0.15) is 10.9 Å². The molecule has 0 radical (unpaired) electrons. The van der Waals surface area contributed by atoms with Crippen LogP contribution in [0.3, 0.4) is 0 Å². The van der Waals surface area contributed by atoms with Crippen LogP contribution in [0.15, 0.2) is 52.6 Å². The van der Waals surface area contributed by atoms with Gasteiger partial charge >= 0.3 is 6.09 Å². The Hall–Kier alpha value is -2.55. The largest absolute Gasteiger partial charge is 0.437 e. The molecule has 2 N–H and O–H groups in total. The standard InChI is InChI=1S/C34H46Cl2N4O3S/c1-4-5-6-7-8-9-10-11-12-13-14-15-30(41)38-34(42)43-29(20-25-16-18-37-19-17-25)32-39-31(24(2)3)33(40-32)44-28-22-26(35)21-27(36)23-28/h16-19,21-24,29H,4-15,20H2,1-3H3,(H,39,40)(H,38,41,42). The Bertz CT molecular complexity index is 1280. The van der Waals surface area contributed by atoms with Gasteiger partial charge in [0.15, 0.2) is 6.10 Å². The Labute approximate surface area is 276 Å². The molecular formula is C34H46Cl2N4O3S. The fourth-order valence-corrected chi connectivity index (χ4v) is 6.73. The zero-order chi connectivity index (χ0) is 31.7.